The fourth-order valence-corrected chi connectivity index (χ4v) is 3.35. The van der Waals surface area contributed by atoms with Crippen molar-refractivity contribution in [2.75, 3.05) is 31.3 Å². The molecule has 1 aliphatic heterocycles. The lowest BCUT2D eigenvalue weighted by atomic mass is 10.1. The molecule has 5 nitrogen and oxygen atoms in total. The van der Waals surface area contributed by atoms with Crippen LogP contribution < -0.4 is 11.1 Å². The Bertz CT molecular complexity index is 847. The number of nitrogens with zero attached hydrogens (tertiary/aromatic N) is 1. The van der Waals surface area contributed by atoms with Crippen molar-refractivity contribution in [3.8, 4) is 0 Å². The highest BCUT2D eigenvalue weighted by Crippen LogP contribution is 2.33. The minimum atomic E-state index is -4.48. The molecule has 0 aliphatic carbocycles. The van der Waals surface area contributed by atoms with E-state index in [1.807, 2.05) is 12.1 Å². The van der Waals surface area contributed by atoms with E-state index in [4.69, 9.17) is 10.5 Å². The van der Waals surface area contributed by atoms with Crippen LogP contribution in [-0.4, -0.2) is 37.1 Å². The van der Waals surface area contributed by atoms with Gasteiger partial charge in [-0.25, -0.2) is 0 Å². The molecule has 1 saturated heterocycles. The van der Waals surface area contributed by atoms with Crippen LogP contribution in [0.5, 0.6) is 0 Å². The molecule has 1 amide bonds. The Morgan fingerprint density at radius 1 is 1.17 bits per heavy atom. The average Bonchev–Trinajstić information content (AvgIpc) is 2.70. The van der Waals surface area contributed by atoms with Gasteiger partial charge in [-0.3, -0.25) is 9.69 Å². The molecular weight excluding hydrogens is 383 g/mol. The van der Waals surface area contributed by atoms with E-state index >= 15 is 0 Å². The van der Waals surface area contributed by atoms with Gasteiger partial charge in [0.25, 0.3) is 5.91 Å². The summed E-state index contributed by atoms with van der Waals surface area (Å²) in [5.41, 5.74) is 6.30. The number of hydrogen-bond acceptors (Lipinski definition) is 4. The fraction of sp³-hybridized carbons (Fsp3) is 0.381. The molecule has 29 heavy (non-hydrogen) atoms. The zero-order chi connectivity index (χ0) is 21.0. The van der Waals surface area contributed by atoms with E-state index in [9.17, 15) is 18.0 Å². The largest absolute Gasteiger partial charge is 0.416 e. The summed E-state index contributed by atoms with van der Waals surface area (Å²) >= 11 is 0. The van der Waals surface area contributed by atoms with Gasteiger partial charge in [0.1, 0.15) is 0 Å². The quantitative estimate of drug-likeness (QED) is 0.731. The molecule has 0 bridgehead atoms. The van der Waals surface area contributed by atoms with Gasteiger partial charge < -0.3 is 15.8 Å². The topological polar surface area (TPSA) is 67.6 Å². The summed E-state index contributed by atoms with van der Waals surface area (Å²) in [4.78, 5) is 14.7. The molecule has 0 unspecified atom stereocenters. The minimum Gasteiger partial charge on any atom is -0.397 e. The van der Waals surface area contributed by atoms with Gasteiger partial charge in [-0.2, -0.15) is 13.2 Å². The summed E-state index contributed by atoms with van der Waals surface area (Å²) < 4.78 is 43.6. The molecule has 8 heteroatoms. The van der Waals surface area contributed by atoms with E-state index in [0.29, 0.717) is 11.6 Å². The molecular formula is C21H24F3N3O2. The first-order valence-electron chi connectivity index (χ1n) is 9.39. The van der Waals surface area contributed by atoms with Crippen molar-refractivity contribution >= 4 is 17.3 Å². The summed E-state index contributed by atoms with van der Waals surface area (Å²) in [5, 5.41) is 2.56. The number of anilines is 2. The van der Waals surface area contributed by atoms with Crippen molar-refractivity contribution in [1.82, 2.24) is 4.90 Å². The summed E-state index contributed by atoms with van der Waals surface area (Å²) in [7, 11) is 2.07. The summed E-state index contributed by atoms with van der Waals surface area (Å²) in [6, 6.07) is 10.5. The summed E-state index contributed by atoms with van der Waals surface area (Å²) in [5.74, 6) is -0.430. The highest BCUT2D eigenvalue weighted by atomic mass is 19.4. The van der Waals surface area contributed by atoms with Crippen LogP contribution in [0, 0.1) is 0 Å². The van der Waals surface area contributed by atoms with Crippen molar-refractivity contribution in [3.05, 3.63) is 59.2 Å². The minimum absolute atomic E-state index is 0.136. The highest BCUT2D eigenvalue weighted by molar-refractivity contribution is 6.05. The number of nitrogens with one attached hydrogen (secondary N) is 1. The van der Waals surface area contributed by atoms with Crippen LogP contribution >= 0.6 is 0 Å². The molecule has 0 spiro atoms. The number of alkyl halides is 3. The number of hydrogen-bond donors (Lipinski definition) is 2. The second-order valence-corrected chi connectivity index (χ2v) is 7.21. The van der Waals surface area contributed by atoms with Gasteiger partial charge >= 0.3 is 6.18 Å². The maximum absolute atomic E-state index is 12.7. The number of carbonyl (C=O) groups excluding carboxylic acids is 1. The molecule has 1 fully saturated rings. The van der Waals surface area contributed by atoms with Crippen molar-refractivity contribution < 1.29 is 22.7 Å². The first-order chi connectivity index (χ1) is 13.7. The molecule has 3 N–H and O–H groups in total. The van der Waals surface area contributed by atoms with E-state index in [0.717, 1.165) is 56.4 Å². The number of halogens is 3. The van der Waals surface area contributed by atoms with Crippen LogP contribution in [0.2, 0.25) is 0 Å². The third-order valence-electron chi connectivity index (χ3n) is 5.09. The maximum Gasteiger partial charge on any atom is 0.416 e. The SMILES string of the molecule is CN(Cc1ccc(C(=O)Nc2ccc(C(F)(F)F)cc2N)cc1)C1CCOCC1. The Kier molecular flexibility index (Phi) is 6.44. The fourth-order valence-electron chi connectivity index (χ4n) is 3.35. The third-order valence-corrected chi connectivity index (χ3v) is 5.09. The molecule has 0 radical (unpaired) electrons. The van der Waals surface area contributed by atoms with E-state index in [-0.39, 0.29) is 11.4 Å². The first-order valence-corrected chi connectivity index (χ1v) is 9.39. The second kappa shape index (κ2) is 8.84. The molecule has 3 rings (SSSR count). The van der Waals surface area contributed by atoms with Gasteiger partial charge in [-0.15, -0.1) is 0 Å². The Labute approximate surface area is 167 Å². The van der Waals surface area contributed by atoms with Crippen molar-refractivity contribution in [1.29, 1.82) is 0 Å². The van der Waals surface area contributed by atoms with Crippen molar-refractivity contribution in [3.63, 3.8) is 0 Å². The van der Waals surface area contributed by atoms with Gasteiger partial charge in [-0.1, -0.05) is 12.1 Å². The number of rotatable bonds is 5. The van der Waals surface area contributed by atoms with Crippen LogP contribution in [0.1, 0.15) is 34.3 Å². The standard InChI is InChI=1S/C21H24F3N3O2/c1-27(17-8-10-29-11-9-17)13-14-2-4-15(5-3-14)20(28)26-19-7-6-16(12-18(19)25)21(22,23)24/h2-7,12,17H,8-11,13,25H2,1H3,(H,26,28). The van der Waals surface area contributed by atoms with Crippen LogP contribution in [0.15, 0.2) is 42.5 Å². The number of amides is 1. The zero-order valence-electron chi connectivity index (χ0n) is 16.1. The summed E-state index contributed by atoms with van der Waals surface area (Å²) in [6.45, 7) is 2.32. The predicted molar refractivity (Wildman–Crippen MR) is 106 cm³/mol. The van der Waals surface area contributed by atoms with E-state index in [1.54, 1.807) is 12.1 Å². The smallest absolute Gasteiger partial charge is 0.397 e. The molecule has 0 atom stereocenters. The lowest BCUT2D eigenvalue weighted by Crippen LogP contribution is -2.36. The van der Waals surface area contributed by atoms with Crippen LogP contribution in [0.4, 0.5) is 24.5 Å². The predicted octanol–water partition coefficient (Wildman–Crippen LogP) is 4.15. The van der Waals surface area contributed by atoms with Gasteiger partial charge in [0, 0.05) is 31.4 Å². The maximum atomic E-state index is 12.7. The van der Waals surface area contributed by atoms with Crippen LogP contribution in [-0.2, 0) is 17.5 Å². The van der Waals surface area contributed by atoms with Crippen molar-refractivity contribution in [2.24, 2.45) is 0 Å². The number of ether oxygens (including phenoxy) is 1. The number of benzene rings is 2. The lowest BCUT2D eigenvalue weighted by molar-refractivity contribution is -0.137. The van der Waals surface area contributed by atoms with E-state index < -0.39 is 17.6 Å². The summed E-state index contributed by atoms with van der Waals surface area (Å²) in [6.07, 6.45) is -2.47. The molecule has 2 aromatic rings. The Morgan fingerprint density at radius 3 is 2.41 bits per heavy atom. The van der Waals surface area contributed by atoms with Gasteiger partial charge in [-0.05, 0) is 55.8 Å². The zero-order valence-corrected chi connectivity index (χ0v) is 16.1. The van der Waals surface area contributed by atoms with Gasteiger partial charge in [0.05, 0.1) is 16.9 Å². The number of nitrogens with two attached hydrogens (primary N) is 1. The third kappa shape index (κ3) is 5.48. The Hall–Kier alpha value is -2.58. The molecule has 0 aromatic heterocycles. The lowest BCUT2D eigenvalue weighted by Gasteiger charge is -2.31. The molecule has 1 aliphatic rings. The second-order valence-electron chi connectivity index (χ2n) is 7.21. The van der Waals surface area contributed by atoms with Crippen LogP contribution in [0.25, 0.3) is 0 Å². The van der Waals surface area contributed by atoms with Gasteiger partial charge in [0.15, 0.2) is 0 Å². The molecule has 156 valence electrons. The highest BCUT2D eigenvalue weighted by Gasteiger charge is 2.30. The van der Waals surface area contributed by atoms with E-state index in [1.165, 1.54) is 0 Å². The monoisotopic (exact) mass is 407 g/mol. The molecule has 1 heterocycles. The Morgan fingerprint density at radius 2 is 1.83 bits per heavy atom. The Balaban J connectivity index is 1.61. The van der Waals surface area contributed by atoms with Gasteiger partial charge in [0.2, 0.25) is 0 Å². The number of carbonyl (C=O) groups is 1. The van der Waals surface area contributed by atoms with Crippen LogP contribution in [0.3, 0.4) is 0 Å². The van der Waals surface area contributed by atoms with Crippen molar-refractivity contribution in [2.45, 2.75) is 31.6 Å². The molecule has 0 saturated carbocycles. The first kappa shape index (κ1) is 21.1. The normalized spacial score (nSPS) is 15.5. The van der Waals surface area contributed by atoms with E-state index in [2.05, 4.69) is 17.3 Å². The number of nitrogen functional groups attached to an aromatic ring is 1. The average molecular weight is 407 g/mol. The molecule has 2 aromatic carbocycles.